The summed E-state index contributed by atoms with van der Waals surface area (Å²) in [6.45, 7) is 9.13. The van der Waals surface area contributed by atoms with E-state index in [1.807, 2.05) is 5.70 Å². The minimum Gasteiger partial charge on any atom is -0.472 e. The molecule has 0 aromatic rings. The van der Waals surface area contributed by atoms with E-state index in [-0.39, 0.29) is 6.29 Å². The third-order valence-electron chi connectivity index (χ3n) is 1.36. The molecule has 0 aromatic carbocycles. The van der Waals surface area contributed by atoms with E-state index in [1.165, 1.54) is 0 Å². The molecule has 0 bridgehead atoms. The lowest BCUT2D eigenvalue weighted by Gasteiger charge is -2.20. The highest BCUT2D eigenvalue weighted by Gasteiger charge is 2.12. The van der Waals surface area contributed by atoms with Crippen LogP contribution in [0.1, 0.15) is 0 Å². The Labute approximate surface area is 93.3 Å². The van der Waals surface area contributed by atoms with Crippen molar-refractivity contribution in [1.29, 1.82) is 0 Å². The third kappa shape index (κ3) is 8.70. The van der Waals surface area contributed by atoms with Gasteiger partial charge in [0.15, 0.2) is 18.1 Å². The fourth-order valence-corrected chi connectivity index (χ4v) is 2.30. The van der Waals surface area contributed by atoms with E-state index >= 15 is 0 Å². The first-order chi connectivity index (χ1) is 6.56. The third-order valence-corrected chi connectivity index (χ3v) is 3.34. The molecule has 84 valence electrons. The van der Waals surface area contributed by atoms with Crippen LogP contribution in [-0.2, 0) is 13.6 Å². The summed E-state index contributed by atoms with van der Waals surface area (Å²) in [4.78, 5) is 0. The van der Waals surface area contributed by atoms with Gasteiger partial charge in [0.2, 0.25) is 6.29 Å². The Hall–Kier alpha value is 0.111. The van der Waals surface area contributed by atoms with Gasteiger partial charge in [-0.3, -0.25) is 0 Å². The quantitative estimate of drug-likeness (QED) is 0.366. The first-order valence-electron chi connectivity index (χ1n) is 5.10. The first-order valence-corrected chi connectivity index (χ1v) is 11.8. The molecule has 0 aliphatic carbocycles. The zero-order valence-corrected chi connectivity index (χ0v) is 14.1. The monoisotopic (exact) mass is 250 g/mol. The van der Waals surface area contributed by atoms with Gasteiger partial charge in [0.25, 0.3) is 0 Å². The second kappa shape index (κ2) is 8.42. The lowest BCUT2D eigenvalue weighted by atomic mass is 10.7. The van der Waals surface area contributed by atoms with E-state index in [1.54, 1.807) is 6.26 Å². The normalized spacial score (nSPS) is 14.4. The van der Waals surface area contributed by atoms with Gasteiger partial charge >= 0.3 is 0 Å². The lowest BCUT2D eigenvalue weighted by molar-refractivity contribution is -0.0600. The van der Waals surface area contributed by atoms with Gasteiger partial charge in [-0.15, -0.1) is 0 Å². The van der Waals surface area contributed by atoms with Crippen molar-refractivity contribution in [3.05, 3.63) is 12.0 Å². The van der Waals surface area contributed by atoms with Crippen molar-refractivity contribution in [2.45, 2.75) is 32.5 Å². The highest BCUT2D eigenvalue weighted by atomic mass is 28.3. The average molecular weight is 251 g/mol. The molecule has 0 spiro atoms. The Kier molecular flexibility index (Phi) is 8.49. The molecule has 0 fully saturated rings. The van der Waals surface area contributed by atoms with E-state index in [0.717, 1.165) is 10.2 Å². The smallest absolute Gasteiger partial charge is 0.212 e. The molecule has 0 amide bonds. The van der Waals surface area contributed by atoms with Crippen LogP contribution < -0.4 is 0 Å². The number of rotatable bonds is 7. The van der Waals surface area contributed by atoms with E-state index in [2.05, 4.69) is 26.2 Å². The molecule has 0 aliphatic heterocycles. The van der Waals surface area contributed by atoms with Gasteiger partial charge in [-0.25, -0.2) is 0 Å². The molecule has 0 rings (SSSR count). The van der Waals surface area contributed by atoms with Gasteiger partial charge in [-0.05, 0) is 26.2 Å². The maximum atomic E-state index is 5.68. The van der Waals surface area contributed by atoms with Crippen LogP contribution in [0.5, 0.6) is 0 Å². The van der Waals surface area contributed by atoms with Gasteiger partial charge in [0.1, 0.15) is 0 Å². The summed E-state index contributed by atoms with van der Waals surface area (Å²) in [5.41, 5.74) is 1.99. The molecule has 3 nitrogen and oxygen atoms in total. The van der Waals surface area contributed by atoms with Crippen LogP contribution in [0.15, 0.2) is 12.0 Å². The van der Waals surface area contributed by atoms with Gasteiger partial charge in [0.05, 0.1) is 12.9 Å². The maximum absolute atomic E-state index is 5.68. The van der Waals surface area contributed by atoms with Crippen LogP contribution >= 0.6 is 0 Å². The van der Waals surface area contributed by atoms with Gasteiger partial charge < -0.3 is 13.6 Å². The molecule has 0 N–H and O–H groups in total. The zero-order valence-electron chi connectivity index (χ0n) is 9.82. The Morgan fingerprint density at radius 2 is 1.86 bits per heavy atom. The maximum Gasteiger partial charge on any atom is 0.212 e. The largest absolute Gasteiger partial charge is 0.472 e. The average Bonchev–Trinajstić information content (AvgIpc) is 2.09. The Bertz CT molecular complexity index is 162. The predicted molar refractivity (Wildman–Crippen MR) is 68.7 cm³/mol. The Morgan fingerprint density at radius 1 is 1.21 bits per heavy atom. The molecule has 0 aliphatic rings. The molecule has 0 saturated heterocycles. The molecule has 1 unspecified atom stereocenters. The fraction of sp³-hybridized carbons (Fsp3) is 0.750. The van der Waals surface area contributed by atoms with Crippen molar-refractivity contribution in [1.82, 2.24) is 0 Å². The minimum atomic E-state index is -1.05. The molecule has 14 heavy (non-hydrogen) atoms. The molecule has 0 saturated carbocycles. The number of hydrogen-bond acceptors (Lipinski definition) is 3. The standard InChI is InChI=1S/C8H22O3Si3/c1-13(2)10-7-8(9-5-6-12)11-14(3)4/h5-6,8,13-14H,7H2,1-4,12H3. The van der Waals surface area contributed by atoms with Crippen LogP contribution in [-0.4, -0.2) is 41.2 Å². The van der Waals surface area contributed by atoms with Gasteiger partial charge in [-0.1, -0.05) is 5.70 Å². The lowest BCUT2D eigenvalue weighted by Crippen LogP contribution is -2.29. The zero-order chi connectivity index (χ0) is 11.0. The van der Waals surface area contributed by atoms with E-state index in [0.29, 0.717) is 6.61 Å². The van der Waals surface area contributed by atoms with Gasteiger partial charge in [0, 0.05) is 10.2 Å². The summed E-state index contributed by atoms with van der Waals surface area (Å²) in [7, 11) is -1.000. The van der Waals surface area contributed by atoms with E-state index < -0.39 is 18.1 Å². The molecular weight excluding hydrogens is 228 g/mol. The van der Waals surface area contributed by atoms with Gasteiger partial charge in [-0.2, -0.15) is 0 Å². The minimum absolute atomic E-state index is 0.193. The van der Waals surface area contributed by atoms with E-state index in [9.17, 15) is 0 Å². The summed E-state index contributed by atoms with van der Waals surface area (Å²) in [6.07, 6.45) is 1.53. The summed E-state index contributed by atoms with van der Waals surface area (Å²) in [6, 6.07) is 0. The molecule has 1 atom stereocenters. The van der Waals surface area contributed by atoms with Crippen molar-refractivity contribution in [3.63, 3.8) is 0 Å². The highest BCUT2D eigenvalue weighted by Crippen LogP contribution is 2.01. The fourth-order valence-electron chi connectivity index (χ4n) is 0.851. The van der Waals surface area contributed by atoms with Crippen molar-refractivity contribution >= 4 is 28.3 Å². The van der Waals surface area contributed by atoms with Crippen LogP contribution in [0, 0.1) is 0 Å². The Morgan fingerprint density at radius 3 is 2.29 bits per heavy atom. The van der Waals surface area contributed by atoms with E-state index in [4.69, 9.17) is 13.6 Å². The molecular formula is C8H22O3Si3. The highest BCUT2D eigenvalue weighted by molar-refractivity contribution is 6.48. The topological polar surface area (TPSA) is 27.7 Å². The SMILES string of the molecule is C[SiH](C)OCC(OC=C[SiH3])O[SiH](C)C. The second-order valence-electron chi connectivity index (χ2n) is 3.60. The Balaban J connectivity index is 3.84. The summed E-state index contributed by atoms with van der Waals surface area (Å²) >= 11 is 0. The van der Waals surface area contributed by atoms with Crippen molar-refractivity contribution < 1.29 is 13.6 Å². The van der Waals surface area contributed by atoms with Crippen LogP contribution in [0.4, 0.5) is 0 Å². The molecule has 0 heterocycles. The first kappa shape index (κ1) is 14.1. The van der Waals surface area contributed by atoms with Crippen LogP contribution in [0.2, 0.25) is 26.2 Å². The number of hydrogen-bond donors (Lipinski definition) is 0. The van der Waals surface area contributed by atoms with Crippen molar-refractivity contribution in [2.75, 3.05) is 6.61 Å². The molecule has 0 radical (unpaired) electrons. The summed E-state index contributed by atoms with van der Waals surface area (Å²) in [5, 5.41) is 0. The second-order valence-corrected chi connectivity index (χ2v) is 9.07. The summed E-state index contributed by atoms with van der Waals surface area (Å²) in [5.74, 6) is 0. The molecule has 6 heteroatoms. The van der Waals surface area contributed by atoms with Crippen LogP contribution in [0.25, 0.3) is 0 Å². The van der Waals surface area contributed by atoms with Crippen LogP contribution in [0.3, 0.4) is 0 Å². The van der Waals surface area contributed by atoms with Crippen molar-refractivity contribution in [3.8, 4) is 0 Å². The molecule has 0 aromatic heterocycles. The predicted octanol–water partition coefficient (Wildman–Crippen LogP) is 0.166. The number of ether oxygens (including phenoxy) is 1. The van der Waals surface area contributed by atoms with Crippen molar-refractivity contribution in [2.24, 2.45) is 0 Å². The summed E-state index contributed by atoms with van der Waals surface area (Å²) < 4.78 is 16.7.